The van der Waals surface area contributed by atoms with E-state index in [4.69, 9.17) is 4.42 Å². The van der Waals surface area contributed by atoms with Gasteiger partial charge in [-0.1, -0.05) is 17.7 Å². The molecule has 0 saturated carbocycles. The molecule has 0 aliphatic carbocycles. The minimum atomic E-state index is -4.27. The lowest BCUT2D eigenvalue weighted by Crippen LogP contribution is -1.97. The fraction of sp³-hybridized carbons (Fsp3) is 0.167. The van der Waals surface area contributed by atoms with Gasteiger partial charge in [-0.2, -0.15) is 0 Å². The third kappa shape index (κ3) is 4.46. The molecule has 2 N–H and O–H groups in total. The minimum Gasteiger partial charge on any atom is -0.744 e. The number of rotatable bonds is 1. The van der Waals surface area contributed by atoms with Gasteiger partial charge in [-0.25, -0.2) is 12.8 Å². The zero-order valence-corrected chi connectivity index (χ0v) is 14.8. The minimum absolute atomic E-state index is 0.0729. The van der Waals surface area contributed by atoms with Crippen LogP contribution in [0.2, 0.25) is 0 Å². The van der Waals surface area contributed by atoms with E-state index in [0.717, 1.165) is 16.7 Å². The molecule has 132 valence electrons. The van der Waals surface area contributed by atoms with Gasteiger partial charge in [-0.3, -0.25) is 0 Å². The van der Waals surface area contributed by atoms with Gasteiger partial charge >= 0.3 is 12.0 Å². The molecule has 1 heterocycles. The number of aryl methyl sites for hydroxylation is 2. The van der Waals surface area contributed by atoms with Crippen molar-refractivity contribution < 1.29 is 27.6 Å². The van der Waals surface area contributed by atoms with Gasteiger partial charge in [0.25, 0.3) is 0 Å². The second-order valence-corrected chi connectivity index (χ2v) is 7.01. The molecule has 0 saturated heterocycles. The maximum atomic E-state index is 10.4. The van der Waals surface area contributed by atoms with E-state index in [9.17, 15) is 23.2 Å². The molecule has 0 bridgehead atoms. The highest BCUT2D eigenvalue weighted by Crippen LogP contribution is 2.34. The second-order valence-electron chi connectivity index (χ2n) is 5.63. The molecule has 6 nitrogen and oxygen atoms in total. The second kappa shape index (κ2) is 7.08. The highest BCUT2D eigenvalue weighted by Gasteiger charge is 2.13. The Hall–Kier alpha value is -2.64. The predicted octanol–water partition coefficient (Wildman–Crippen LogP) is 3.64. The number of fused-ring (bicyclic) bond motifs is 1. The van der Waals surface area contributed by atoms with Crippen molar-refractivity contribution in [1.82, 2.24) is 0 Å². The fourth-order valence-electron chi connectivity index (χ4n) is 2.15. The zero-order chi connectivity index (χ0) is 18.8. The fourth-order valence-corrected chi connectivity index (χ4v) is 2.62. The number of phenolic OH excluding ortho intramolecular Hbond substituents is 2. The summed E-state index contributed by atoms with van der Waals surface area (Å²) >= 11 is 0. The standard InChI is InChI=1S/C11H10O3.C7H8O3S/c1-6-3-8-4-10(12)7(2)11(13)9(8)5-14-6;1-6-2-4-7(5-3-6)11(8,9)10/h3-5H,1-2H3,(H-,12,13);2-5H,1H3,(H,8,9,10). The number of phenols is 2. The normalized spacial score (nSPS) is 11.0. The van der Waals surface area contributed by atoms with E-state index in [1.165, 1.54) is 18.4 Å². The van der Waals surface area contributed by atoms with Crippen LogP contribution in [0.15, 0.2) is 52.0 Å². The van der Waals surface area contributed by atoms with Crippen molar-refractivity contribution >= 4 is 20.9 Å². The van der Waals surface area contributed by atoms with Crippen LogP contribution < -0.4 is 0 Å². The van der Waals surface area contributed by atoms with Crippen LogP contribution in [0.1, 0.15) is 16.9 Å². The molecule has 0 atom stereocenters. The number of hydrogen-bond donors (Lipinski definition) is 2. The van der Waals surface area contributed by atoms with Crippen molar-refractivity contribution in [3.05, 3.63) is 59.5 Å². The first kappa shape index (κ1) is 18.7. The molecule has 0 radical (unpaired) electrons. The molecule has 0 unspecified atom stereocenters. The van der Waals surface area contributed by atoms with Crippen LogP contribution in [0.5, 0.6) is 11.5 Å². The summed E-state index contributed by atoms with van der Waals surface area (Å²) < 4.78 is 36.3. The lowest BCUT2D eigenvalue weighted by molar-refractivity contribution is 0.445. The van der Waals surface area contributed by atoms with Crippen LogP contribution in [0.25, 0.3) is 10.8 Å². The number of hydrogen-bond acceptors (Lipinski definition) is 5. The van der Waals surface area contributed by atoms with Crippen LogP contribution in [0.4, 0.5) is 0 Å². The Morgan fingerprint density at radius 3 is 2.16 bits per heavy atom. The highest BCUT2D eigenvalue weighted by atomic mass is 32.2. The smallest absolute Gasteiger partial charge is 0.329 e. The Labute approximate surface area is 145 Å². The first-order valence-electron chi connectivity index (χ1n) is 7.36. The Morgan fingerprint density at radius 2 is 1.60 bits per heavy atom. The average molecular weight is 362 g/mol. The summed E-state index contributed by atoms with van der Waals surface area (Å²) in [6.07, 6.45) is 1.49. The summed E-state index contributed by atoms with van der Waals surface area (Å²) in [5, 5.41) is 20.6. The Morgan fingerprint density at radius 1 is 1.00 bits per heavy atom. The maximum Gasteiger partial charge on any atom is 0.329 e. The third-order valence-electron chi connectivity index (χ3n) is 3.63. The third-order valence-corrected chi connectivity index (χ3v) is 4.48. The van der Waals surface area contributed by atoms with Crippen LogP contribution in [0, 0.1) is 20.8 Å². The van der Waals surface area contributed by atoms with Crippen molar-refractivity contribution in [1.29, 1.82) is 0 Å². The van der Waals surface area contributed by atoms with Gasteiger partial charge in [0.15, 0.2) is 0 Å². The van der Waals surface area contributed by atoms with Gasteiger partial charge in [0, 0.05) is 17.0 Å². The first-order valence-corrected chi connectivity index (χ1v) is 8.76. The molecule has 7 heteroatoms. The van der Waals surface area contributed by atoms with Crippen molar-refractivity contribution in [2.45, 2.75) is 25.7 Å². The van der Waals surface area contributed by atoms with Gasteiger partial charge in [-0.15, -0.1) is 0 Å². The number of aromatic hydroxyl groups is 2. The lowest BCUT2D eigenvalue weighted by atomic mass is 10.1. The molecule has 0 spiro atoms. The summed E-state index contributed by atoms with van der Waals surface area (Å²) in [5.41, 5.74) is 1.40. The molecule has 3 rings (SSSR count). The highest BCUT2D eigenvalue weighted by molar-refractivity contribution is 7.85. The van der Waals surface area contributed by atoms with Crippen molar-refractivity contribution in [2.75, 3.05) is 0 Å². The molecule has 3 aromatic rings. The molecular formula is C18H18O6S. The topological polar surface area (TPSA) is 109 Å². The summed E-state index contributed by atoms with van der Waals surface area (Å²) in [6.45, 7) is 5.29. The van der Waals surface area contributed by atoms with Gasteiger partial charge in [0.2, 0.25) is 0 Å². The van der Waals surface area contributed by atoms with E-state index >= 15 is 0 Å². The largest absolute Gasteiger partial charge is 0.744 e. The molecule has 1 aromatic heterocycles. The van der Waals surface area contributed by atoms with Crippen LogP contribution >= 0.6 is 0 Å². The SMILES string of the molecule is Cc1cc2cc(O)c(C)c(O)c2c[o+]1.Cc1ccc(S(=O)(=O)[O-])cc1. The molecular weight excluding hydrogens is 344 g/mol. The van der Waals surface area contributed by atoms with E-state index < -0.39 is 10.1 Å². The Kier molecular flexibility index (Phi) is 5.30. The monoisotopic (exact) mass is 362 g/mol. The Balaban J connectivity index is 0.000000186. The van der Waals surface area contributed by atoms with E-state index in [1.54, 1.807) is 31.2 Å². The van der Waals surface area contributed by atoms with Crippen molar-refractivity contribution in [2.24, 2.45) is 0 Å². The molecule has 0 fully saturated rings. The zero-order valence-electron chi connectivity index (χ0n) is 14.0. The predicted molar refractivity (Wildman–Crippen MR) is 92.6 cm³/mol. The van der Waals surface area contributed by atoms with Gasteiger partial charge in [0.1, 0.15) is 27.0 Å². The van der Waals surface area contributed by atoms with E-state index in [-0.39, 0.29) is 16.4 Å². The average Bonchev–Trinajstić information content (AvgIpc) is 2.53. The lowest BCUT2D eigenvalue weighted by Gasteiger charge is -2.05. The Bertz CT molecular complexity index is 1010. The van der Waals surface area contributed by atoms with E-state index in [1.807, 2.05) is 13.8 Å². The molecule has 25 heavy (non-hydrogen) atoms. The van der Waals surface area contributed by atoms with Crippen LogP contribution in [-0.4, -0.2) is 23.2 Å². The summed E-state index contributed by atoms with van der Waals surface area (Å²) in [7, 11) is -4.27. The quantitative estimate of drug-likeness (QED) is 0.505. The van der Waals surface area contributed by atoms with E-state index in [2.05, 4.69) is 0 Å². The maximum absolute atomic E-state index is 10.4. The summed E-state index contributed by atoms with van der Waals surface area (Å²) in [4.78, 5) is -0.178. The van der Waals surface area contributed by atoms with Crippen molar-refractivity contribution in [3.63, 3.8) is 0 Å². The molecule has 2 aromatic carbocycles. The van der Waals surface area contributed by atoms with E-state index in [0.29, 0.717) is 10.9 Å². The first-order chi connectivity index (χ1) is 11.6. The van der Waals surface area contributed by atoms with Crippen LogP contribution in [0.3, 0.4) is 0 Å². The molecule has 0 aliphatic rings. The molecule has 0 amide bonds. The van der Waals surface area contributed by atoms with Gasteiger partial charge in [0.05, 0.1) is 11.8 Å². The summed E-state index contributed by atoms with van der Waals surface area (Å²) in [5.74, 6) is 0.907. The number of benzene rings is 2. The van der Waals surface area contributed by atoms with Crippen molar-refractivity contribution in [3.8, 4) is 11.5 Å². The van der Waals surface area contributed by atoms with Gasteiger partial charge < -0.3 is 14.8 Å². The molecule has 0 aliphatic heterocycles. The van der Waals surface area contributed by atoms with Gasteiger partial charge in [-0.05, 0) is 32.0 Å². The van der Waals surface area contributed by atoms with Crippen LogP contribution in [-0.2, 0) is 10.1 Å². The summed E-state index contributed by atoms with van der Waals surface area (Å²) in [6, 6.07) is 9.17.